The van der Waals surface area contributed by atoms with Crippen LogP contribution >= 0.6 is 11.8 Å². The monoisotopic (exact) mass is 320 g/mol. The molecule has 22 heavy (non-hydrogen) atoms. The van der Waals surface area contributed by atoms with Crippen LogP contribution in [0.2, 0.25) is 0 Å². The molecule has 2 aliphatic heterocycles. The van der Waals surface area contributed by atoms with Crippen molar-refractivity contribution in [3.05, 3.63) is 28.6 Å². The van der Waals surface area contributed by atoms with E-state index in [9.17, 15) is 4.79 Å². The van der Waals surface area contributed by atoms with E-state index in [0.29, 0.717) is 18.7 Å². The minimum atomic E-state index is -0.00730. The van der Waals surface area contributed by atoms with Crippen LogP contribution in [-0.2, 0) is 17.8 Å². The van der Waals surface area contributed by atoms with Gasteiger partial charge in [-0.2, -0.15) is 0 Å². The first-order valence-electron chi connectivity index (χ1n) is 7.65. The molecule has 0 radical (unpaired) electrons. The average Bonchev–Trinajstić information content (AvgIpc) is 3.13. The van der Waals surface area contributed by atoms with Gasteiger partial charge in [-0.1, -0.05) is 30.3 Å². The third-order valence-corrected chi connectivity index (χ3v) is 4.53. The van der Waals surface area contributed by atoms with E-state index >= 15 is 0 Å². The molecule has 6 nitrogen and oxygen atoms in total. The van der Waals surface area contributed by atoms with Gasteiger partial charge in [0.25, 0.3) is 0 Å². The van der Waals surface area contributed by atoms with Crippen molar-refractivity contribution in [1.29, 1.82) is 0 Å². The Bertz CT molecular complexity index is 608. The van der Waals surface area contributed by atoms with E-state index in [1.54, 1.807) is 11.8 Å². The molecular weight excluding hydrogens is 300 g/mol. The summed E-state index contributed by atoms with van der Waals surface area (Å²) in [5, 5.41) is 9.91. The summed E-state index contributed by atoms with van der Waals surface area (Å²) in [6.45, 7) is 4.32. The second-order valence-electron chi connectivity index (χ2n) is 5.38. The molecule has 3 heterocycles. The SMILES string of the molecule is CCCc1cc(CNC(=O)CC2=CSC3=NCCCN23)on1. The lowest BCUT2D eigenvalue weighted by molar-refractivity contribution is -0.120. The number of hydrogen-bond donors (Lipinski definition) is 1. The normalized spacial score (nSPS) is 17.0. The van der Waals surface area contributed by atoms with E-state index in [-0.39, 0.29) is 5.91 Å². The van der Waals surface area contributed by atoms with Gasteiger partial charge < -0.3 is 14.7 Å². The molecule has 0 aliphatic carbocycles. The number of hydrogen-bond acceptors (Lipinski definition) is 6. The maximum absolute atomic E-state index is 12.1. The van der Waals surface area contributed by atoms with Gasteiger partial charge in [-0.25, -0.2) is 0 Å². The van der Waals surface area contributed by atoms with E-state index < -0.39 is 0 Å². The fraction of sp³-hybridized carbons (Fsp3) is 0.533. The summed E-state index contributed by atoms with van der Waals surface area (Å²) in [6.07, 6.45) is 3.35. The average molecular weight is 320 g/mol. The molecule has 1 aromatic heterocycles. The Morgan fingerprint density at radius 1 is 1.55 bits per heavy atom. The summed E-state index contributed by atoms with van der Waals surface area (Å²) in [5.41, 5.74) is 1.97. The molecule has 0 atom stereocenters. The summed E-state index contributed by atoms with van der Waals surface area (Å²) in [6, 6.07) is 1.91. The molecule has 0 saturated heterocycles. The van der Waals surface area contributed by atoms with Crippen LogP contribution in [0.3, 0.4) is 0 Å². The van der Waals surface area contributed by atoms with Crippen LogP contribution in [0, 0.1) is 0 Å². The van der Waals surface area contributed by atoms with Crippen molar-refractivity contribution in [3.8, 4) is 0 Å². The molecule has 0 fully saturated rings. The summed E-state index contributed by atoms with van der Waals surface area (Å²) in [7, 11) is 0. The fourth-order valence-corrected chi connectivity index (χ4v) is 3.45. The number of nitrogens with zero attached hydrogens (tertiary/aromatic N) is 3. The Hall–Kier alpha value is -1.76. The fourth-order valence-electron chi connectivity index (χ4n) is 2.50. The molecule has 7 heteroatoms. The highest BCUT2D eigenvalue weighted by atomic mass is 32.2. The molecule has 0 saturated carbocycles. The first-order chi connectivity index (χ1) is 10.8. The topological polar surface area (TPSA) is 70.7 Å². The number of aromatic nitrogens is 1. The Balaban J connectivity index is 1.48. The van der Waals surface area contributed by atoms with Crippen LogP contribution in [0.25, 0.3) is 0 Å². The number of amides is 1. The number of amidine groups is 1. The van der Waals surface area contributed by atoms with Crippen molar-refractivity contribution in [3.63, 3.8) is 0 Å². The standard InChI is InChI=1S/C15H20N4O2S/c1-2-4-11-7-13(21-18-11)9-17-14(20)8-12-10-22-15-16-5-3-6-19(12)15/h7,10H,2-6,8-9H2,1H3,(H,17,20). The van der Waals surface area contributed by atoms with E-state index in [1.807, 2.05) is 11.5 Å². The summed E-state index contributed by atoms with van der Waals surface area (Å²) in [5.74, 6) is 0.693. The largest absolute Gasteiger partial charge is 0.359 e. The van der Waals surface area contributed by atoms with Crippen LogP contribution in [0.15, 0.2) is 26.7 Å². The van der Waals surface area contributed by atoms with Crippen molar-refractivity contribution in [2.24, 2.45) is 4.99 Å². The van der Waals surface area contributed by atoms with Crippen molar-refractivity contribution < 1.29 is 9.32 Å². The second-order valence-corrected chi connectivity index (χ2v) is 6.22. The third kappa shape index (κ3) is 3.52. The van der Waals surface area contributed by atoms with Crippen LogP contribution in [0.4, 0.5) is 0 Å². The molecule has 3 rings (SSSR count). The Morgan fingerprint density at radius 3 is 3.32 bits per heavy atom. The predicted molar refractivity (Wildman–Crippen MR) is 86.3 cm³/mol. The molecule has 1 N–H and O–H groups in total. The maximum Gasteiger partial charge on any atom is 0.226 e. The van der Waals surface area contributed by atoms with Crippen LogP contribution in [0.5, 0.6) is 0 Å². The number of fused-ring (bicyclic) bond motifs is 1. The first-order valence-corrected chi connectivity index (χ1v) is 8.53. The zero-order valence-corrected chi connectivity index (χ0v) is 13.5. The number of carbonyl (C=O) groups excluding carboxylic acids is 1. The van der Waals surface area contributed by atoms with Gasteiger partial charge in [0, 0.05) is 24.9 Å². The number of nitrogens with one attached hydrogen (secondary N) is 1. The van der Waals surface area contributed by atoms with Crippen LogP contribution in [0.1, 0.15) is 37.6 Å². The molecule has 1 amide bonds. The van der Waals surface area contributed by atoms with Gasteiger partial charge in [0.05, 0.1) is 18.7 Å². The minimum Gasteiger partial charge on any atom is -0.359 e. The smallest absolute Gasteiger partial charge is 0.226 e. The Labute approximate surface area is 134 Å². The zero-order chi connectivity index (χ0) is 15.4. The number of carbonyl (C=O) groups is 1. The summed E-state index contributed by atoms with van der Waals surface area (Å²) in [4.78, 5) is 18.7. The van der Waals surface area contributed by atoms with Gasteiger partial charge >= 0.3 is 0 Å². The van der Waals surface area contributed by atoms with Gasteiger partial charge in [0.1, 0.15) is 0 Å². The quantitative estimate of drug-likeness (QED) is 0.871. The van der Waals surface area contributed by atoms with Crippen molar-refractivity contribution in [2.45, 2.75) is 39.2 Å². The maximum atomic E-state index is 12.1. The molecule has 0 aromatic carbocycles. The van der Waals surface area contributed by atoms with Gasteiger partial charge in [0.2, 0.25) is 5.91 Å². The number of thioether (sulfide) groups is 1. The van der Waals surface area contributed by atoms with E-state index in [0.717, 1.165) is 48.9 Å². The van der Waals surface area contributed by atoms with Crippen molar-refractivity contribution >= 4 is 22.8 Å². The lowest BCUT2D eigenvalue weighted by Gasteiger charge is -2.25. The Kier molecular flexibility index (Phi) is 4.82. The summed E-state index contributed by atoms with van der Waals surface area (Å²) < 4.78 is 5.21. The van der Waals surface area contributed by atoms with Gasteiger partial charge in [0.15, 0.2) is 10.9 Å². The van der Waals surface area contributed by atoms with Gasteiger partial charge in [-0.15, -0.1) is 0 Å². The molecule has 1 aromatic rings. The molecular formula is C15H20N4O2S. The first kappa shape index (κ1) is 15.1. The molecule has 2 aliphatic rings. The van der Waals surface area contributed by atoms with Gasteiger partial charge in [-0.3, -0.25) is 9.79 Å². The third-order valence-electron chi connectivity index (χ3n) is 3.58. The lowest BCUT2D eigenvalue weighted by Crippen LogP contribution is -2.32. The van der Waals surface area contributed by atoms with E-state index in [4.69, 9.17) is 4.52 Å². The van der Waals surface area contributed by atoms with Crippen molar-refractivity contribution in [2.75, 3.05) is 13.1 Å². The number of aryl methyl sites for hydroxylation is 1. The predicted octanol–water partition coefficient (Wildman–Crippen LogP) is 2.28. The van der Waals surface area contributed by atoms with Gasteiger partial charge in [-0.05, 0) is 18.2 Å². The second kappa shape index (κ2) is 7.00. The van der Waals surface area contributed by atoms with Crippen LogP contribution in [-0.4, -0.2) is 34.2 Å². The highest BCUT2D eigenvalue weighted by molar-refractivity contribution is 8.16. The highest BCUT2D eigenvalue weighted by Gasteiger charge is 2.26. The molecule has 0 bridgehead atoms. The van der Waals surface area contributed by atoms with Crippen LogP contribution < -0.4 is 5.32 Å². The van der Waals surface area contributed by atoms with E-state index in [1.165, 1.54) is 0 Å². The van der Waals surface area contributed by atoms with E-state index in [2.05, 4.69) is 27.3 Å². The molecule has 0 spiro atoms. The number of rotatable bonds is 6. The molecule has 118 valence electrons. The Morgan fingerprint density at radius 2 is 2.45 bits per heavy atom. The highest BCUT2D eigenvalue weighted by Crippen LogP contribution is 2.30. The minimum absolute atomic E-state index is 0.00730. The lowest BCUT2D eigenvalue weighted by atomic mass is 10.2. The molecule has 0 unspecified atom stereocenters. The zero-order valence-electron chi connectivity index (χ0n) is 12.7. The number of aliphatic imine (C=N–C) groups is 1. The summed E-state index contributed by atoms with van der Waals surface area (Å²) >= 11 is 1.61. The van der Waals surface area contributed by atoms with Crippen molar-refractivity contribution in [1.82, 2.24) is 15.4 Å².